The normalized spacial score (nSPS) is 16.2. The highest BCUT2D eigenvalue weighted by atomic mass is 32.1. The number of methoxy groups -OCH3 is 1. The second kappa shape index (κ2) is 8.52. The average Bonchev–Trinajstić information content (AvgIpc) is 3.13. The second-order valence-electron chi connectivity index (χ2n) is 7.15. The number of thiophene rings is 1. The fourth-order valence-corrected chi connectivity index (χ4v) is 4.81. The Bertz CT molecular complexity index is 1110. The van der Waals surface area contributed by atoms with Crippen LogP contribution in [-0.4, -0.2) is 36.0 Å². The summed E-state index contributed by atoms with van der Waals surface area (Å²) in [6.07, 6.45) is 1.25. The molecule has 0 amide bonds. The average molecular weight is 416 g/mol. The Morgan fingerprint density at radius 1 is 1.28 bits per heavy atom. The first-order valence-corrected chi connectivity index (χ1v) is 10.5. The molecule has 2 aromatic heterocycles. The van der Waals surface area contributed by atoms with Gasteiger partial charge in [0.1, 0.15) is 16.7 Å². The van der Waals surface area contributed by atoms with Gasteiger partial charge < -0.3 is 14.2 Å². The molecule has 1 N–H and O–H groups in total. The highest BCUT2D eigenvalue weighted by molar-refractivity contribution is 7.17. The van der Waals surface area contributed by atoms with E-state index in [2.05, 4.69) is 4.98 Å². The van der Waals surface area contributed by atoms with E-state index in [9.17, 15) is 9.59 Å². The van der Waals surface area contributed by atoms with E-state index in [0.717, 1.165) is 24.0 Å². The maximum atomic E-state index is 12.7. The van der Waals surface area contributed by atoms with Gasteiger partial charge >= 0.3 is 5.69 Å². The number of para-hydroxylation sites is 1. The highest BCUT2D eigenvalue weighted by Crippen LogP contribution is 2.32. The number of benzene rings is 1. The largest absolute Gasteiger partial charge is 0.496 e. The van der Waals surface area contributed by atoms with E-state index >= 15 is 0 Å². The minimum atomic E-state index is -0.431. The number of aryl methyl sites for hydroxylation is 1. The van der Waals surface area contributed by atoms with E-state index in [0.29, 0.717) is 29.2 Å². The number of H-pyrrole nitrogens is 1. The summed E-state index contributed by atoms with van der Waals surface area (Å²) in [7, 11) is 1.62. The zero-order valence-corrected chi connectivity index (χ0v) is 17.3. The van der Waals surface area contributed by atoms with Crippen molar-refractivity contribution in [1.29, 1.82) is 0 Å². The van der Waals surface area contributed by atoms with Gasteiger partial charge in [0.2, 0.25) is 0 Å². The molecule has 0 bridgehead atoms. The summed E-state index contributed by atoms with van der Waals surface area (Å²) >= 11 is 1.40. The first-order chi connectivity index (χ1) is 14.1. The van der Waals surface area contributed by atoms with Gasteiger partial charge in [-0.1, -0.05) is 18.2 Å². The molecule has 29 heavy (non-hydrogen) atoms. The molecule has 3 heterocycles. The highest BCUT2D eigenvalue weighted by Gasteiger charge is 2.25. The van der Waals surface area contributed by atoms with Gasteiger partial charge in [0.25, 0.3) is 5.56 Å². The van der Waals surface area contributed by atoms with Crippen LogP contribution in [0.1, 0.15) is 30.1 Å². The summed E-state index contributed by atoms with van der Waals surface area (Å²) in [5.41, 5.74) is 0.958. The fraction of sp³-hybridized carbons (Fsp3) is 0.429. The minimum absolute atomic E-state index is 0.0395. The number of aromatic nitrogens is 2. The lowest BCUT2D eigenvalue weighted by Gasteiger charge is -2.29. The van der Waals surface area contributed by atoms with E-state index < -0.39 is 11.8 Å². The Morgan fingerprint density at radius 3 is 2.79 bits per heavy atom. The van der Waals surface area contributed by atoms with Crippen molar-refractivity contribution in [3.63, 3.8) is 0 Å². The lowest BCUT2D eigenvalue weighted by molar-refractivity contribution is -0.0752. The summed E-state index contributed by atoms with van der Waals surface area (Å²) in [6, 6.07) is 7.67. The third-order valence-corrected chi connectivity index (χ3v) is 6.37. The summed E-state index contributed by atoms with van der Waals surface area (Å²) in [5.74, 6) is 0.709. The standard InChI is InChI=1S/C21H24N2O5S/c1-13-12-29-20-18(13)19(24)22-21(25)23(20)11-17(28-14-7-9-27-10-8-14)15-5-3-4-6-16(15)26-2/h3-6,12,14,17H,7-11H2,1-2H3,(H,22,24,25)/t17-/m0/s1. The van der Waals surface area contributed by atoms with Crippen molar-refractivity contribution in [3.05, 3.63) is 61.6 Å². The van der Waals surface area contributed by atoms with E-state index in [-0.39, 0.29) is 18.2 Å². The first-order valence-electron chi connectivity index (χ1n) is 9.65. The predicted octanol–water partition coefficient (Wildman–Crippen LogP) is 3.01. The molecule has 1 atom stereocenters. The molecule has 1 fully saturated rings. The Hall–Kier alpha value is -2.42. The Labute approximate surface area is 171 Å². The lowest BCUT2D eigenvalue weighted by atomic mass is 10.1. The van der Waals surface area contributed by atoms with Crippen LogP contribution in [0, 0.1) is 6.92 Å². The lowest BCUT2D eigenvalue weighted by Crippen LogP contribution is -2.33. The van der Waals surface area contributed by atoms with Gasteiger partial charge in [-0.25, -0.2) is 4.79 Å². The van der Waals surface area contributed by atoms with Crippen LogP contribution in [0.5, 0.6) is 5.75 Å². The van der Waals surface area contributed by atoms with E-state index in [1.807, 2.05) is 36.6 Å². The van der Waals surface area contributed by atoms with Gasteiger partial charge in [-0.3, -0.25) is 14.3 Å². The minimum Gasteiger partial charge on any atom is -0.496 e. The Balaban J connectivity index is 1.77. The topological polar surface area (TPSA) is 82.6 Å². The van der Waals surface area contributed by atoms with Crippen LogP contribution in [0.3, 0.4) is 0 Å². The van der Waals surface area contributed by atoms with Gasteiger partial charge in [0.15, 0.2) is 0 Å². The number of hydrogen-bond donors (Lipinski definition) is 1. The van der Waals surface area contributed by atoms with E-state index in [1.165, 1.54) is 11.3 Å². The summed E-state index contributed by atoms with van der Waals surface area (Å²) in [5, 5.41) is 2.45. The number of hydrogen-bond acceptors (Lipinski definition) is 6. The molecule has 3 aromatic rings. The van der Waals surface area contributed by atoms with Crippen LogP contribution in [0.25, 0.3) is 10.2 Å². The van der Waals surface area contributed by atoms with Crippen molar-refractivity contribution in [1.82, 2.24) is 9.55 Å². The molecule has 1 aliphatic heterocycles. The van der Waals surface area contributed by atoms with Crippen molar-refractivity contribution >= 4 is 21.6 Å². The Kier molecular flexibility index (Phi) is 5.84. The van der Waals surface area contributed by atoms with Gasteiger partial charge in [-0.15, -0.1) is 11.3 Å². The monoisotopic (exact) mass is 416 g/mol. The number of ether oxygens (including phenoxy) is 3. The van der Waals surface area contributed by atoms with E-state index in [1.54, 1.807) is 11.7 Å². The maximum Gasteiger partial charge on any atom is 0.329 e. The van der Waals surface area contributed by atoms with Crippen molar-refractivity contribution in [3.8, 4) is 5.75 Å². The summed E-state index contributed by atoms with van der Waals surface area (Å²) in [4.78, 5) is 28.1. The molecule has 4 rings (SSSR count). The smallest absolute Gasteiger partial charge is 0.329 e. The molecule has 0 radical (unpaired) electrons. The van der Waals surface area contributed by atoms with Crippen molar-refractivity contribution in [2.45, 2.75) is 38.5 Å². The van der Waals surface area contributed by atoms with Gasteiger partial charge in [0, 0.05) is 18.8 Å². The number of aromatic amines is 1. The molecule has 8 heteroatoms. The molecule has 154 valence electrons. The van der Waals surface area contributed by atoms with Gasteiger partial charge in [-0.2, -0.15) is 0 Å². The molecule has 0 saturated carbocycles. The first kappa shape index (κ1) is 19.9. The Morgan fingerprint density at radius 2 is 2.03 bits per heavy atom. The number of nitrogens with zero attached hydrogens (tertiary/aromatic N) is 1. The summed E-state index contributed by atoms with van der Waals surface area (Å²) < 4.78 is 19.1. The zero-order chi connectivity index (χ0) is 20.4. The van der Waals surface area contributed by atoms with Crippen LogP contribution in [0.2, 0.25) is 0 Å². The number of fused-ring (bicyclic) bond motifs is 1. The van der Waals surface area contributed by atoms with Gasteiger partial charge in [-0.05, 0) is 36.8 Å². The third kappa shape index (κ3) is 4.01. The molecular formula is C21H24N2O5S. The number of nitrogens with one attached hydrogen (secondary N) is 1. The van der Waals surface area contributed by atoms with E-state index in [4.69, 9.17) is 14.2 Å². The third-order valence-electron chi connectivity index (χ3n) is 5.25. The van der Waals surface area contributed by atoms with Crippen LogP contribution < -0.4 is 16.0 Å². The maximum absolute atomic E-state index is 12.7. The van der Waals surface area contributed by atoms with Crippen LogP contribution >= 0.6 is 11.3 Å². The quantitative estimate of drug-likeness (QED) is 0.668. The number of rotatable bonds is 6. The van der Waals surface area contributed by atoms with Gasteiger partial charge in [0.05, 0.1) is 25.1 Å². The molecule has 0 spiro atoms. The van der Waals surface area contributed by atoms with Crippen LogP contribution in [-0.2, 0) is 16.0 Å². The predicted molar refractivity (Wildman–Crippen MR) is 112 cm³/mol. The summed E-state index contributed by atoms with van der Waals surface area (Å²) in [6.45, 7) is 3.48. The van der Waals surface area contributed by atoms with Crippen molar-refractivity contribution in [2.24, 2.45) is 0 Å². The van der Waals surface area contributed by atoms with Crippen LogP contribution in [0.4, 0.5) is 0 Å². The van der Waals surface area contributed by atoms with Crippen molar-refractivity contribution in [2.75, 3.05) is 20.3 Å². The second-order valence-corrected chi connectivity index (χ2v) is 8.01. The van der Waals surface area contributed by atoms with Crippen LogP contribution in [0.15, 0.2) is 39.2 Å². The SMILES string of the molecule is COc1ccccc1[C@H](Cn1c(=O)[nH]c(=O)c2c(C)csc21)OC1CCOCC1. The molecular weight excluding hydrogens is 392 g/mol. The molecule has 0 aliphatic carbocycles. The molecule has 1 aliphatic rings. The molecule has 1 saturated heterocycles. The molecule has 7 nitrogen and oxygen atoms in total. The van der Waals surface area contributed by atoms with Crippen molar-refractivity contribution < 1.29 is 14.2 Å². The fourth-order valence-electron chi connectivity index (χ4n) is 3.75. The molecule has 0 unspecified atom stereocenters. The molecule has 1 aromatic carbocycles. The zero-order valence-electron chi connectivity index (χ0n) is 16.5.